The lowest BCUT2D eigenvalue weighted by atomic mass is 9.83. The predicted octanol–water partition coefficient (Wildman–Crippen LogP) is 2.38. The van der Waals surface area contributed by atoms with Crippen LogP contribution < -0.4 is 16.0 Å². The number of rotatable bonds is 4. The number of hydrogen-bond acceptors (Lipinski definition) is 5. The lowest BCUT2D eigenvalue weighted by Crippen LogP contribution is -2.43. The molecule has 2 atom stereocenters. The van der Waals surface area contributed by atoms with E-state index >= 15 is 0 Å². The molecule has 0 fully saturated rings. The van der Waals surface area contributed by atoms with Crippen molar-refractivity contribution in [3.8, 4) is 12.1 Å². The van der Waals surface area contributed by atoms with Crippen LogP contribution in [0, 0.1) is 40.4 Å². The third-order valence-electron chi connectivity index (χ3n) is 5.16. The minimum Gasteiger partial charge on any atom is -0.353 e. The van der Waals surface area contributed by atoms with Gasteiger partial charge in [-0.3, -0.25) is 9.59 Å². The molecule has 2 amide bonds. The van der Waals surface area contributed by atoms with Gasteiger partial charge in [-0.15, -0.1) is 0 Å². The highest BCUT2D eigenvalue weighted by molar-refractivity contribution is 6.04. The van der Waals surface area contributed by atoms with Gasteiger partial charge in [0.2, 0.25) is 11.8 Å². The summed E-state index contributed by atoms with van der Waals surface area (Å²) in [7, 11) is 0. The Hall–Kier alpha value is -3.91. The van der Waals surface area contributed by atoms with Gasteiger partial charge in [-0.2, -0.15) is 10.5 Å². The lowest BCUT2D eigenvalue weighted by Gasteiger charge is -2.32. The second-order valence-corrected chi connectivity index (χ2v) is 7.05. The number of nitriles is 2. The summed E-state index contributed by atoms with van der Waals surface area (Å²) in [4.78, 5) is 25.5. The predicted molar refractivity (Wildman–Crippen MR) is 106 cm³/mol. The first kappa shape index (κ1) is 20.8. The van der Waals surface area contributed by atoms with E-state index in [1.807, 2.05) is 6.07 Å². The quantitative estimate of drug-likeness (QED) is 0.712. The lowest BCUT2D eigenvalue weighted by molar-refractivity contribution is -0.126. The number of amides is 2. The second kappa shape index (κ2) is 8.22. The zero-order valence-electron chi connectivity index (χ0n) is 16.6. The fourth-order valence-corrected chi connectivity index (χ4v) is 3.59. The van der Waals surface area contributed by atoms with Crippen molar-refractivity contribution in [2.75, 3.05) is 0 Å². The molecule has 0 aromatic heterocycles. The maximum atomic E-state index is 14.3. The highest BCUT2D eigenvalue weighted by Crippen LogP contribution is 2.35. The van der Waals surface area contributed by atoms with Crippen LogP contribution >= 0.6 is 0 Å². The smallest absolute Gasteiger partial charge is 0.249 e. The zero-order valence-corrected chi connectivity index (χ0v) is 16.6. The van der Waals surface area contributed by atoms with Crippen LogP contribution in [0.3, 0.4) is 0 Å². The van der Waals surface area contributed by atoms with Gasteiger partial charge in [0.15, 0.2) is 0 Å². The molecule has 2 aliphatic rings. The molecule has 7 nitrogen and oxygen atoms in total. The average Bonchev–Trinajstić information content (AvgIpc) is 2.72. The Labute approximate surface area is 173 Å². The molecule has 0 aliphatic carbocycles. The van der Waals surface area contributed by atoms with Crippen molar-refractivity contribution in [1.82, 2.24) is 16.0 Å². The van der Waals surface area contributed by atoms with Gasteiger partial charge in [0, 0.05) is 22.9 Å². The first-order valence-electron chi connectivity index (χ1n) is 9.25. The molecule has 0 unspecified atom stereocenters. The summed E-state index contributed by atoms with van der Waals surface area (Å²) >= 11 is 0. The maximum Gasteiger partial charge on any atom is 0.249 e. The van der Waals surface area contributed by atoms with Gasteiger partial charge < -0.3 is 16.0 Å². The Bertz CT molecular complexity index is 1100. The van der Waals surface area contributed by atoms with Crippen LogP contribution in [-0.2, 0) is 9.59 Å². The Kier molecular flexibility index (Phi) is 5.70. The van der Waals surface area contributed by atoms with E-state index in [0.29, 0.717) is 17.2 Å². The largest absolute Gasteiger partial charge is 0.353 e. The summed E-state index contributed by atoms with van der Waals surface area (Å²) in [5, 5.41) is 26.5. The number of nitrogens with one attached hydrogen (secondary N) is 3. The Morgan fingerprint density at radius 3 is 2.60 bits per heavy atom. The number of carbonyl (C=O) groups excluding carboxylic acids is 2. The summed E-state index contributed by atoms with van der Waals surface area (Å²) in [6.07, 6.45) is 3.20. The molecule has 1 aromatic carbocycles. The van der Waals surface area contributed by atoms with Crippen molar-refractivity contribution in [2.24, 2.45) is 5.92 Å². The zero-order chi connectivity index (χ0) is 22.0. The number of halogens is 1. The van der Waals surface area contributed by atoms with Crippen molar-refractivity contribution < 1.29 is 14.0 Å². The molecule has 3 rings (SSSR count). The summed E-state index contributed by atoms with van der Waals surface area (Å²) < 4.78 is 14.3. The molecule has 2 heterocycles. The van der Waals surface area contributed by atoms with Gasteiger partial charge >= 0.3 is 0 Å². The van der Waals surface area contributed by atoms with Crippen molar-refractivity contribution in [2.45, 2.75) is 26.8 Å². The van der Waals surface area contributed by atoms with Gasteiger partial charge in [0.1, 0.15) is 23.6 Å². The molecule has 30 heavy (non-hydrogen) atoms. The van der Waals surface area contributed by atoms with Gasteiger partial charge in [-0.1, -0.05) is 6.07 Å². The molecule has 2 aliphatic heterocycles. The summed E-state index contributed by atoms with van der Waals surface area (Å²) in [5.74, 6) is -2.31. The third kappa shape index (κ3) is 3.68. The molecule has 1 radical (unpaired) electrons. The van der Waals surface area contributed by atoms with Crippen molar-refractivity contribution in [3.63, 3.8) is 0 Å². The first-order valence-corrected chi connectivity index (χ1v) is 9.25. The van der Waals surface area contributed by atoms with Crippen LogP contribution in [0.25, 0.3) is 0 Å². The van der Waals surface area contributed by atoms with E-state index in [2.05, 4.69) is 22.0 Å². The monoisotopic (exact) mass is 404 g/mol. The van der Waals surface area contributed by atoms with Gasteiger partial charge in [0.05, 0.1) is 23.6 Å². The van der Waals surface area contributed by atoms with Gasteiger partial charge in [-0.25, -0.2) is 4.39 Å². The van der Waals surface area contributed by atoms with E-state index in [9.17, 15) is 19.2 Å². The van der Waals surface area contributed by atoms with Crippen LogP contribution in [-0.4, -0.2) is 11.8 Å². The topological polar surface area (TPSA) is 118 Å². The Morgan fingerprint density at radius 2 is 1.97 bits per heavy atom. The molecule has 0 spiro atoms. The van der Waals surface area contributed by atoms with Crippen molar-refractivity contribution in [1.29, 1.82) is 10.5 Å². The van der Waals surface area contributed by atoms with E-state index < -0.39 is 29.6 Å². The Balaban J connectivity index is 1.87. The molecular weight excluding hydrogens is 385 g/mol. The summed E-state index contributed by atoms with van der Waals surface area (Å²) in [6.45, 7) is 4.89. The van der Waals surface area contributed by atoms with E-state index in [1.165, 1.54) is 12.1 Å². The molecule has 0 saturated heterocycles. The van der Waals surface area contributed by atoms with Crippen molar-refractivity contribution >= 4 is 11.8 Å². The van der Waals surface area contributed by atoms with Crippen LogP contribution in [0.4, 0.5) is 4.39 Å². The fraction of sp³-hybridized carbons (Fsp3) is 0.227. The average molecular weight is 404 g/mol. The summed E-state index contributed by atoms with van der Waals surface area (Å²) in [6, 6.07) is 7.78. The molecule has 151 valence electrons. The highest BCUT2D eigenvalue weighted by atomic mass is 19.1. The van der Waals surface area contributed by atoms with E-state index in [1.54, 1.807) is 33.0 Å². The number of dihydropyridines is 1. The maximum absolute atomic E-state index is 14.3. The third-order valence-corrected chi connectivity index (χ3v) is 5.16. The van der Waals surface area contributed by atoms with E-state index in [4.69, 9.17) is 5.26 Å². The molecule has 0 saturated carbocycles. The fourth-order valence-electron chi connectivity index (χ4n) is 3.59. The van der Waals surface area contributed by atoms with Crippen LogP contribution in [0.1, 0.15) is 37.9 Å². The van der Waals surface area contributed by atoms with Gasteiger partial charge in [-0.05, 0) is 44.6 Å². The Morgan fingerprint density at radius 1 is 1.23 bits per heavy atom. The van der Waals surface area contributed by atoms with E-state index in [0.717, 1.165) is 6.07 Å². The minimum atomic E-state index is -0.839. The van der Waals surface area contributed by atoms with Crippen LogP contribution in [0.2, 0.25) is 0 Å². The van der Waals surface area contributed by atoms with Gasteiger partial charge in [0.25, 0.3) is 0 Å². The number of fused-ring (bicyclic) bond motifs is 1. The molecule has 1 aromatic rings. The number of hydrogen-bond donors (Lipinski definition) is 3. The SMILES string of the molecule is CC1=C([C@@H](C)C(=O)N[C@H](C)c2ccc(C#N)cc2F)C(=O)N[C]2C=CNC(C#N)=C21. The number of benzene rings is 1. The van der Waals surface area contributed by atoms with Crippen LogP contribution in [0.5, 0.6) is 0 Å². The normalized spacial score (nSPS) is 17.9. The number of nitrogens with zero attached hydrogens (tertiary/aromatic N) is 2. The summed E-state index contributed by atoms with van der Waals surface area (Å²) in [5.41, 5.74) is 2.01. The number of carbonyl (C=O) groups is 2. The molecule has 0 bridgehead atoms. The standard InChI is InChI=1S/C22H19FN5O2/c1-11-19(22(30)28-17-6-7-26-18(10-25)20(11)17)12(2)21(29)27-13(3)15-5-4-14(9-24)8-16(15)23/h4-8,12-13,26H,1-3H3,(H,27,29)(H,28,30)/t12-,13-/m1/s1. The molecule has 3 N–H and O–H groups in total. The molecule has 8 heteroatoms. The molecular formula is C22H19FN5O2. The van der Waals surface area contributed by atoms with Crippen molar-refractivity contribution in [3.05, 3.63) is 75.9 Å². The highest BCUT2D eigenvalue weighted by Gasteiger charge is 2.36. The van der Waals surface area contributed by atoms with Crippen LogP contribution in [0.15, 0.2) is 52.9 Å². The number of allylic oxidation sites excluding steroid dienone is 1. The van der Waals surface area contributed by atoms with E-state index in [-0.39, 0.29) is 22.4 Å². The minimum absolute atomic E-state index is 0.187. The first-order chi connectivity index (χ1) is 14.3. The second-order valence-electron chi connectivity index (χ2n) is 7.05.